The molecule has 2 nitrogen and oxygen atoms in total. The van der Waals surface area contributed by atoms with E-state index in [1.165, 1.54) is 24.3 Å². The van der Waals surface area contributed by atoms with Gasteiger partial charge in [0.1, 0.15) is 17.5 Å². The van der Waals surface area contributed by atoms with Crippen molar-refractivity contribution < 1.29 is 13.2 Å². The summed E-state index contributed by atoms with van der Waals surface area (Å²) in [5.74, 6) is -0.638. The Bertz CT molecular complexity index is 756. The minimum absolute atomic E-state index is 0.0456. The van der Waals surface area contributed by atoms with Crippen LogP contribution in [0.2, 0.25) is 0 Å². The first-order valence-electron chi connectivity index (χ1n) is 8.89. The maximum atomic E-state index is 14.6. The number of rotatable bonds is 3. The molecule has 136 valence electrons. The molecule has 26 heavy (non-hydrogen) atoms. The normalized spacial score (nSPS) is 23.6. The zero-order valence-electron chi connectivity index (χ0n) is 14.4. The van der Waals surface area contributed by atoms with Gasteiger partial charge in [-0.3, -0.25) is 4.90 Å². The lowest BCUT2D eigenvalue weighted by atomic mass is 9.83. The number of nitrogens with zero attached hydrogens (tertiary/aromatic N) is 1. The Hall–Kier alpha value is -2.11. The lowest BCUT2D eigenvalue weighted by Gasteiger charge is -2.34. The van der Waals surface area contributed by atoms with Gasteiger partial charge < -0.3 is 5.32 Å². The number of halogens is 3. The van der Waals surface area contributed by atoms with Crippen LogP contribution in [0.15, 0.2) is 60.4 Å². The van der Waals surface area contributed by atoms with Crippen LogP contribution in [-0.2, 0) is 0 Å². The summed E-state index contributed by atoms with van der Waals surface area (Å²) in [7, 11) is 0. The minimum atomic E-state index is -0.503. The SMILES string of the molecule is FC1=CCNC[C@]12CCN(C(c1ccc(F)cc1)c1ccc(F)cc1)C2. The van der Waals surface area contributed by atoms with E-state index >= 15 is 0 Å². The molecule has 4 rings (SSSR count). The molecule has 2 aliphatic heterocycles. The van der Waals surface area contributed by atoms with E-state index in [0.717, 1.165) is 24.1 Å². The molecule has 2 aliphatic rings. The van der Waals surface area contributed by atoms with Gasteiger partial charge in [-0.15, -0.1) is 0 Å². The van der Waals surface area contributed by atoms with E-state index in [4.69, 9.17) is 0 Å². The molecule has 1 N–H and O–H groups in total. The van der Waals surface area contributed by atoms with Crippen LogP contribution in [0.4, 0.5) is 13.2 Å². The van der Waals surface area contributed by atoms with Gasteiger partial charge in [0.15, 0.2) is 0 Å². The van der Waals surface area contributed by atoms with Gasteiger partial charge in [0.2, 0.25) is 0 Å². The molecule has 0 amide bonds. The quantitative estimate of drug-likeness (QED) is 0.885. The van der Waals surface area contributed by atoms with Crippen molar-refractivity contribution in [1.82, 2.24) is 10.2 Å². The monoisotopic (exact) mass is 358 g/mol. The van der Waals surface area contributed by atoms with Crippen molar-refractivity contribution in [2.75, 3.05) is 26.2 Å². The predicted molar refractivity (Wildman–Crippen MR) is 95.3 cm³/mol. The molecular weight excluding hydrogens is 337 g/mol. The van der Waals surface area contributed by atoms with Crippen LogP contribution in [0.3, 0.4) is 0 Å². The Labute approximate surface area is 151 Å². The van der Waals surface area contributed by atoms with E-state index in [9.17, 15) is 13.2 Å². The van der Waals surface area contributed by atoms with Gasteiger partial charge in [-0.25, -0.2) is 13.2 Å². The second kappa shape index (κ2) is 6.89. The minimum Gasteiger partial charge on any atom is -0.312 e. The summed E-state index contributed by atoms with van der Waals surface area (Å²) in [6.07, 6.45) is 2.35. The lowest BCUT2D eigenvalue weighted by Crippen LogP contribution is -2.41. The maximum absolute atomic E-state index is 14.6. The van der Waals surface area contributed by atoms with E-state index in [1.54, 1.807) is 30.3 Å². The first kappa shape index (κ1) is 17.3. The van der Waals surface area contributed by atoms with E-state index in [-0.39, 0.29) is 23.5 Å². The molecule has 0 aliphatic carbocycles. The lowest BCUT2D eigenvalue weighted by molar-refractivity contribution is 0.216. The second-order valence-electron chi connectivity index (χ2n) is 7.19. The van der Waals surface area contributed by atoms with Crippen LogP contribution in [0.1, 0.15) is 23.6 Å². The Morgan fingerprint density at radius 3 is 2.00 bits per heavy atom. The third kappa shape index (κ3) is 3.17. The van der Waals surface area contributed by atoms with Gasteiger partial charge in [-0.1, -0.05) is 24.3 Å². The molecule has 1 spiro atoms. The molecule has 0 aromatic heterocycles. The van der Waals surface area contributed by atoms with E-state index in [0.29, 0.717) is 19.6 Å². The molecule has 0 unspecified atom stereocenters. The number of nitrogens with one attached hydrogen (secondary N) is 1. The Kier molecular flexibility index (Phi) is 4.59. The van der Waals surface area contributed by atoms with Crippen molar-refractivity contribution in [2.24, 2.45) is 5.41 Å². The molecule has 2 aromatic carbocycles. The zero-order valence-corrected chi connectivity index (χ0v) is 14.4. The molecule has 0 bridgehead atoms. The molecule has 1 atom stereocenters. The first-order chi connectivity index (χ1) is 12.6. The van der Waals surface area contributed by atoms with Crippen LogP contribution in [0, 0.1) is 17.0 Å². The molecule has 5 heteroatoms. The van der Waals surface area contributed by atoms with Crippen molar-refractivity contribution in [3.8, 4) is 0 Å². The van der Waals surface area contributed by atoms with Gasteiger partial charge in [-0.05, 0) is 47.9 Å². The van der Waals surface area contributed by atoms with Crippen LogP contribution < -0.4 is 5.32 Å². The summed E-state index contributed by atoms with van der Waals surface area (Å²) in [5, 5.41) is 3.26. The number of benzene rings is 2. The fraction of sp³-hybridized carbons (Fsp3) is 0.333. The Morgan fingerprint density at radius 1 is 0.885 bits per heavy atom. The van der Waals surface area contributed by atoms with E-state index in [1.807, 2.05) is 0 Å². The average molecular weight is 358 g/mol. The summed E-state index contributed by atoms with van der Waals surface area (Å²) in [4.78, 5) is 2.21. The van der Waals surface area contributed by atoms with Gasteiger partial charge in [0, 0.05) is 31.6 Å². The second-order valence-corrected chi connectivity index (χ2v) is 7.19. The van der Waals surface area contributed by atoms with Crippen LogP contribution in [0.5, 0.6) is 0 Å². The third-order valence-electron chi connectivity index (χ3n) is 5.52. The van der Waals surface area contributed by atoms with Crippen molar-refractivity contribution in [3.05, 3.63) is 83.2 Å². The van der Waals surface area contributed by atoms with Crippen molar-refractivity contribution in [1.29, 1.82) is 0 Å². The molecule has 2 heterocycles. The average Bonchev–Trinajstić information content (AvgIpc) is 3.06. The maximum Gasteiger partial charge on any atom is 0.123 e. The van der Waals surface area contributed by atoms with E-state index < -0.39 is 5.41 Å². The highest BCUT2D eigenvalue weighted by molar-refractivity contribution is 5.33. The summed E-state index contributed by atoms with van der Waals surface area (Å²) < 4.78 is 41.4. The molecule has 0 radical (unpaired) electrons. The Morgan fingerprint density at radius 2 is 1.46 bits per heavy atom. The number of hydrogen-bond acceptors (Lipinski definition) is 2. The van der Waals surface area contributed by atoms with E-state index in [2.05, 4.69) is 10.2 Å². The largest absolute Gasteiger partial charge is 0.312 e. The zero-order chi connectivity index (χ0) is 18.1. The van der Waals surface area contributed by atoms with Crippen molar-refractivity contribution >= 4 is 0 Å². The fourth-order valence-corrected chi connectivity index (χ4v) is 4.14. The van der Waals surface area contributed by atoms with Gasteiger partial charge >= 0.3 is 0 Å². The highest BCUT2D eigenvalue weighted by Crippen LogP contribution is 2.43. The smallest absolute Gasteiger partial charge is 0.123 e. The first-order valence-corrected chi connectivity index (χ1v) is 8.89. The van der Waals surface area contributed by atoms with Crippen LogP contribution in [-0.4, -0.2) is 31.1 Å². The fourth-order valence-electron chi connectivity index (χ4n) is 4.14. The standard InChI is InChI=1S/C21H21F3N2/c22-17-5-1-15(2-6-17)20(16-3-7-18(23)8-4-16)26-12-10-21(14-26)13-25-11-9-19(21)24/h1-9,20,25H,10-14H2/t21-/m0/s1. The van der Waals surface area contributed by atoms with Crippen LogP contribution >= 0.6 is 0 Å². The van der Waals surface area contributed by atoms with Crippen molar-refractivity contribution in [3.63, 3.8) is 0 Å². The van der Waals surface area contributed by atoms with Crippen LogP contribution in [0.25, 0.3) is 0 Å². The summed E-state index contributed by atoms with van der Waals surface area (Å²) >= 11 is 0. The molecule has 1 fully saturated rings. The van der Waals surface area contributed by atoms with Gasteiger partial charge in [0.25, 0.3) is 0 Å². The summed E-state index contributed by atoms with van der Waals surface area (Å²) in [6, 6.07) is 12.6. The molecule has 1 saturated heterocycles. The molecule has 2 aromatic rings. The predicted octanol–water partition coefficient (Wildman–Crippen LogP) is 4.20. The Balaban J connectivity index is 1.69. The molecular formula is C21H21F3N2. The highest BCUT2D eigenvalue weighted by atomic mass is 19.1. The number of hydrogen-bond donors (Lipinski definition) is 1. The van der Waals surface area contributed by atoms with Gasteiger partial charge in [0.05, 0.1) is 6.04 Å². The van der Waals surface area contributed by atoms with Gasteiger partial charge in [-0.2, -0.15) is 0 Å². The highest BCUT2D eigenvalue weighted by Gasteiger charge is 2.45. The summed E-state index contributed by atoms with van der Waals surface area (Å²) in [5.41, 5.74) is 1.34. The summed E-state index contributed by atoms with van der Waals surface area (Å²) in [6.45, 7) is 2.47. The third-order valence-corrected chi connectivity index (χ3v) is 5.52. The number of likely N-dealkylation sites (tertiary alicyclic amines) is 1. The topological polar surface area (TPSA) is 15.3 Å². The van der Waals surface area contributed by atoms with Crippen molar-refractivity contribution in [2.45, 2.75) is 12.5 Å². The molecule has 0 saturated carbocycles.